The van der Waals surface area contributed by atoms with E-state index in [9.17, 15) is 0 Å². The van der Waals surface area contributed by atoms with Crippen LogP contribution in [-0.4, -0.2) is 60.8 Å². The minimum atomic E-state index is 0. The molecule has 0 saturated carbocycles. The average molecular weight is 497 g/mol. The molecule has 28 heavy (non-hydrogen) atoms. The Bertz CT molecular complexity index is 690. The third-order valence-corrected chi connectivity index (χ3v) is 6.74. The summed E-state index contributed by atoms with van der Waals surface area (Å²) in [6, 6.07) is 4.31. The zero-order chi connectivity index (χ0) is 18.2. The molecule has 5 rings (SSSR count). The maximum absolute atomic E-state index is 6.12. The van der Waals surface area contributed by atoms with Crippen molar-refractivity contribution in [2.75, 3.05) is 37.6 Å². The number of rotatable bonds is 4. The molecule has 1 aromatic rings. The highest BCUT2D eigenvalue weighted by Crippen LogP contribution is 2.47. The molecule has 4 aliphatic heterocycles. The quantitative estimate of drug-likeness (QED) is 0.394. The molecular formula is C21H32IN5O. The summed E-state index contributed by atoms with van der Waals surface area (Å²) in [4.78, 5) is 14.4. The molecule has 5 heterocycles. The molecule has 154 valence electrons. The SMILES string of the molecule is CCNC(=NCc1ccnc(N2CCCC2)c1)N1CC2C3CCC(O3)C2C1.I. The van der Waals surface area contributed by atoms with Crippen LogP contribution in [0.2, 0.25) is 0 Å². The Morgan fingerprint density at radius 1 is 1.21 bits per heavy atom. The first-order chi connectivity index (χ1) is 13.3. The van der Waals surface area contributed by atoms with E-state index in [-0.39, 0.29) is 24.0 Å². The van der Waals surface area contributed by atoms with Gasteiger partial charge in [0.1, 0.15) is 5.82 Å². The average Bonchev–Trinajstić information content (AvgIpc) is 3.47. The van der Waals surface area contributed by atoms with Gasteiger partial charge in [0.05, 0.1) is 18.8 Å². The smallest absolute Gasteiger partial charge is 0.194 e. The molecule has 4 saturated heterocycles. The van der Waals surface area contributed by atoms with Crippen molar-refractivity contribution >= 4 is 35.8 Å². The first-order valence-electron chi connectivity index (χ1n) is 10.7. The van der Waals surface area contributed by atoms with Gasteiger partial charge in [0, 0.05) is 50.8 Å². The molecule has 7 heteroatoms. The number of aromatic nitrogens is 1. The van der Waals surface area contributed by atoms with Crippen LogP contribution in [0.5, 0.6) is 0 Å². The lowest BCUT2D eigenvalue weighted by Crippen LogP contribution is -2.41. The maximum atomic E-state index is 6.12. The Balaban J connectivity index is 0.00000192. The highest BCUT2D eigenvalue weighted by atomic mass is 127. The second-order valence-corrected chi connectivity index (χ2v) is 8.41. The lowest BCUT2D eigenvalue weighted by Gasteiger charge is -2.23. The molecule has 0 radical (unpaired) electrons. The lowest BCUT2D eigenvalue weighted by molar-refractivity contribution is 0.0767. The summed E-state index contributed by atoms with van der Waals surface area (Å²) in [7, 11) is 0. The maximum Gasteiger partial charge on any atom is 0.194 e. The molecule has 0 aliphatic carbocycles. The minimum absolute atomic E-state index is 0. The number of pyridine rings is 1. The van der Waals surface area contributed by atoms with Crippen LogP contribution in [-0.2, 0) is 11.3 Å². The molecule has 0 amide bonds. The number of nitrogens with one attached hydrogen (secondary N) is 1. The lowest BCUT2D eigenvalue weighted by atomic mass is 9.82. The van der Waals surface area contributed by atoms with Crippen molar-refractivity contribution in [2.45, 2.75) is 51.4 Å². The van der Waals surface area contributed by atoms with Gasteiger partial charge in [0.2, 0.25) is 0 Å². The largest absolute Gasteiger partial charge is 0.374 e. The van der Waals surface area contributed by atoms with Crippen LogP contribution < -0.4 is 10.2 Å². The van der Waals surface area contributed by atoms with Gasteiger partial charge in [0.15, 0.2) is 5.96 Å². The van der Waals surface area contributed by atoms with Crippen LogP contribution in [0.1, 0.15) is 38.2 Å². The monoisotopic (exact) mass is 497 g/mol. The zero-order valence-corrected chi connectivity index (χ0v) is 19.0. The van der Waals surface area contributed by atoms with E-state index in [1.807, 2.05) is 6.20 Å². The summed E-state index contributed by atoms with van der Waals surface area (Å²) in [6.07, 6.45) is 7.98. The van der Waals surface area contributed by atoms with Gasteiger partial charge in [-0.2, -0.15) is 0 Å². The molecule has 4 fully saturated rings. The van der Waals surface area contributed by atoms with E-state index in [4.69, 9.17) is 9.73 Å². The number of nitrogens with zero attached hydrogens (tertiary/aromatic N) is 4. The van der Waals surface area contributed by atoms with Gasteiger partial charge in [-0.05, 0) is 50.3 Å². The Hall–Kier alpha value is -1.09. The van der Waals surface area contributed by atoms with Crippen LogP contribution in [0.4, 0.5) is 5.82 Å². The summed E-state index contributed by atoms with van der Waals surface area (Å²) in [5.41, 5.74) is 1.24. The summed E-state index contributed by atoms with van der Waals surface area (Å²) in [6.45, 7) is 8.20. The third kappa shape index (κ3) is 3.84. The second-order valence-electron chi connectivity index (χ2n) is 8.41. The molecule has 0 spiro atoms. The Morgan fingerprint density at radius 2 is 1.93 bits per heavy atom. The number of guanidine groups is 1. The Labute approximate surface area is 185 Å². The van der Waals surface area contributed by atoms with Gasteiger partial charge < -0.3 is 19.9 Å². The first-order valence-corrected chi connectivity index (χ1v) is 10.7. The molecule has 1 aromatic heterocycles. The predicted molar refractivity (Wildman–Crippen MR) is 122 cm³/mol. The molecule has 2 bridgehead atoms. The van der Waals surface area contributed by atoms with Gasteiger partial charge >= 0.3 is 0 Å². The van der Waals surface area contributed by atoms with Crippen LogP contribution in [0.15, 0.2) is 23.3 Å². The number of anilines is 1. The van der Waals surface area contributed by atoms with Crippen molar-refractivity contribution in [3.8, 4) is 0 Å². The Morgan fingerprint density at radius 3 is 2.61 bits per heavy atom. The van der Waals surface area contributed by atoms with E-state index >= 15 is 0 Å². The van der Waals surface area contributed by atoms with E-state index in [2.05, 4.69) is 39.2 Å². The molecule has 4 aliphatic rings. The summed E-state index contributed by atoms with van der Waals surface area (Å²) in [5, 5.41) is 3.51. The third-order valence-electron chi connectivity index (χ3n) is 6.74. The summed E-state index contributed by atoms with van der Waals surface area (Å²) < 4.78 is 6.12. The van der Waals surface area contributed by atoms with Gasteiger partial charge in [-0.3, -0.25) is 0 Å². The second kappa shape index (κ2) is 8.73. The van der Waals surface area contributed by atoms with Crippen molar-refractivity contribution in [1.29, 1.82) is 0 Å². The van der Waals surface area contributed by atoms with Gasteiger partial charge in [0.25, 0.3) is 0 Å². The van der Waals surface area contributed by atoms with E-state index in [0.717, 1.165) is 44.5 Å². The highest BCUT2D eigenvalue weighted by molar-refractivity contribution is 14.0. The number of fused-ring (bicyclic) bond motifs is 5. The standard InChI is InChI=1S/C21H31N5O.HI/c1-2-22-21(26-13-16-17(14-26)19-6-5-18(16)27-19)24-12-15-7-8-23-20(11-15)25-9-3-4-10-25;/h7-8,11,16-19H,2-6,9-10,12-14H2,1H3,(H,22,24);1H. The Kier molecular flexibility index (Phi) is 6.30. The molecular weight excluding hydrogens is 465 g/mol. The molecule has 1 N–H and O–H groups in total. The molecule has 4 unspecified atom stereocenters. The number of ether oxygens (including phenoxy) is 1. The minimum Gasteiger partial charge on any atom is -0.374 e. The molecule has 0 aromatic carbocycles. The van der Waals surface area contributed by atoms with Crippen molar-refractivity contribution in [2.24, 2.45) is 16.8 Å². The topological polar surface area (TPSA) is 53.0 Å². The van der Waals surface area contributed by atoms with Crippen LogP contribution >= 0.6 is 24.0 Å². The fourth-order valence-electron chi connectivity index (χ4n) is 5.40. The van der Waals surface area contributed by atoms with Gasteiger partial charge in [-0.25, -0.2) is 9.98 Å². The first kappa shape index (κ1) is 20.2. The molecule has 6 nitrogen and oxygen atoms in total. The van der Waals surface area contributed by atoms with E-state index in [1.54, 1.807) is 0 Å². The van der Waals surface area contributed by atoms with E-state index in [0.29, 0.717) is 30.6 Å². The normalized spacial score (nSPS) is 31.2. The van der Waals surface area contributed by atoms with Crippen molar-refractivity contribution in [3.05, 3.63) is 23.9 Å². The van der Waals surface area contributed by atoms with E-state index < -0.39 is 0 Å². The highest BCUT2D eigenvalue weighted by Gasteiger charge is 2.53. The number of halogens is 1. The fourth-order valence-corrected chi connectivity index (χ4v) is 5.40. The number of hydrogen-bond donors (Lipinski definition) is 1. The number of hydrogen-bond acceptors (Lipinski definition) is 4. The summed E-state index contributed by atoms with van der Waals surface area (Å²) in [5.74, 6) is 3.58. The van der Waals surface area contributed by atoms with Crippen molar-refractivity contribution in [3.63, 3.8) is 0 Å². The number of aliphatic imine (C=N–C) groups is 1. The van der Waals surface area contributed by atoms with Crippen LogP contribution in [0, 0.1) is 11.8 Å². The van der Waals surface area contributed by atoms with Gasteiger partial charge in [-0.15, -0.1) is 24.0 Å². The van der Waals surface area contributed by atoms with Crippen LogP contribution in [0.3, 0.4) is 0 Å². The zero-order valence-electron chi connectivity index (χ0n) is 16.7. The van der Waals surface area contributed by atoms with Crippen LogP contribution in [0.25, 0.3) is 0 Å². The van der Waals surface area contributed by atoms with E-state index in [1.165, 1.54) is 31.2 Å². The number of likely N-dealkylation sites (tertiary alicyclic amines) is 1. The van der Waals surface area contributed by atoms with Crippen molar-refractivity contribution in [1.82, 2.24) is 15.2 Å². The predicted octanol–water partition coefficient (Wildman–Crippen LogP) is 2.87. The molecule has 4 atom stereocenters. The van der Waals surface area contributed by atoms with Gasteiger partial charge in [-0.1, -0.05) is 0 Å². The summed E-state index contributed by atoms with van der Waals surface area (Å²) >= 11 is 0. The fraction of sp³-hybridized carbons (Fsp3) is 0.714. The van der Waals surface area contributed by atoms with Crippen molar-refractivity contribution < 1.29 is 4.74 Å².